The molecule has 4 N–H and O–H groups in total. The van der Waals surface area contributed by atoms with E-state index in [0.717, 1.165) is 180 Å². The molecule has 5 atom stereocenters. The number of aliphatic hydroxyl groups is 2. The third kappa shape index (κ3) is 73.4. The van der Waals surface area contributed by atoms with Crippen molar-refractivity contribution in [3.05, 3.63) is 194 Å². The van der Waals surface area contributed by atoms with Crippen LogP contribution in [-0.4, -0.2) is 95.9 Å². The second kappa shape index (κ2) is 72.2. The Morgan fingerprint density at radius 3 is 0.788 bits per heavy atom. The largest absolute Gasteiger partial charge is 0.472 e. The Morgan fingerprint density at radius 1 is 0.283 bits per heavy atom. The first-order chi connectivity index (χ1) is 48.2. The SMILES string of the molecule is CC/C=C\C/C=C\C/C=C\C/C=C\C/C=C\C/C=C\CCCCCCC(=O)OCC(O)COP(=O)(O)OCC(O)COP(=O)(O)OCC(COC(=O)CCCCCC/C=C\C/C=C\C/C=C\C/C=C\C/C=C\C/C=C\CC)OC(=O)CCCCCC/C=C\C/C=C\C/C=C\C/C=C\CC. The molecule has 0 bridgehead atoms. The maximum atomic E-state index is 13.0. The Bertz CT molecular complexity index is 2580. The molecule has 0 aliphatic rings. The number of hydrogen-bond acceptors (Lipinski definition) is 14. The normalized spacial score (nSPS) is 15.2. The molecule has 16 nitrogen and oxygen atoms in total. The van der Waals surface area contributed by atoms with Crippen molar-refractivity contribution in [3.63, 3.8) is 0 Å². The van der Waals surface area contributed by atoms with Gasteiger partial charge in [-0.15, -0.1) is 0 Å². The van der Waals surface area contributed by atoms with Crippen LogP contribution < -0.4 is 0 Å². The van der Waals surface area contributed by atoms with Crippen molar-refractivity contribution < 1.29 is 75.8 Å². The zero-order valence-electron chi connectivity index (χ0n) is 60.6. The highest BCUT2D eigenvalue weighted by Gasteiger charge is 2.29. The lowest BCUT2D eigenvalue weighted by molar-refractivity contribution is -0.161. The molecule has 0 heterocycles. The van der Waals surface area contributed by atoms with Crippen LogP contribution in [0.1, 0.15) is 239 Å². The molecule has 0 saturated heterocycles. The molecule has 558 valence electrons. The van der Waals surface area contributed by atoms with Crippen molar-refractivity contribution in [2.24, 2.45) is 0 Å². The van der Waals surface area contributed by atoms with Gasteiger partial charge >= 0.3 is 33.6 Å². The van der Waals surface area contributed by atoms with Gasteiger partial charge in [0.05, 0.1) is 26.4 Å². The molecule has 99 heavy (non-hydrogen) atoms. The maximum Gasteiger partial charge on any atom is 0.472 e. The van der Waals surface area contributed by atoms with Crippen molar-refractivity contribution in [3.8, 4) is 0 Å². The van der Waals surface area contributed by atoms with Gasteiger partial charge in [-0.25, -0.2) is 9.13 Å². The second-order valence-corrected chi connectivity index (χ2v) is 26.5. The molecule has 5 unspecified atom stereocenters. The van der Waals surface area contributed by atoms with Gasteiger partial charge in [0.2, 0.25) is 0 Å². The van der Waals surface area contributed by atoms with Gasteiger partial charge in [0.15, 0.2) is 6.10 Å². The fourth-order valence-corrected chi connectivity index (χ4v) is 10.4. The number of carbonyl (C=O) groups is 3. The molecule has 0 radical (unpaired) electrons. The number of rotatable bonds is 67. The standard InChI is InChI=1S/C81H128O16P2/c1-4-7-10-13-16-19-22-25-28-31-33-35-37-39-41-44-46-49-52-55-58-61-64-67-79(84)91-70-76(82)71-93-98(87,88)94-72-77(83)73-95-99(89,90)96-75-78(97-81(86)69-66-63-60-57-54-51-48-43-30-27-24-21-18-15-12-9-6-3)74-92-80(85)68-65-62-59-56-53-50-47-45-42-40-38-36-34-32-29-26-23-20-17-14-11-8-5-2/h7-12,16-21,25-30,33-36,39-42,46-51,76-78,82-83H,4-6,13-15,22-24,31-32,37-38,43-45,52-75H2,1-3H3,(H,87,88)(H,89,90)/b10-7-,11-8-,12-9-,19-16-,20-17-,21-18-,28-25-,29-26-,30-27-,35-33-,36-34-,41-39-,42-40-,49-46-,50-47-,51-48-. The van der Waals surface area contributed by atoms with Gasteiger partial charge in [0.1, 0.15) is 25.4 Å². The summed E-state index contributed by atoms with van der Waals surface area (Å²) in [6.07, 6.45) is 93.3. The number of unbranched alkanes of at least 4 members (excludes halogenated alkanes) is 12. The van der Waals surface area contributed by atoms with E-state index in [1.165, 1.54) is 0 Å². The minimum atomic E-state index is -4.96. The number of esters is 3. The van der Waals surface area contributed by atoms with Gasteiger partial charge in [-0.3, -0.25) is 32.5 Å². The van der Waals surface area contributed by atoms with Crippen molar-refractivity contribution in [2.75, 3.05) is 39.6 Å². The van der Waals surface area contributed by atoms with Gasteiger partial charge in [-0.1, -0.05) is 254 Å². The number of phosphoric acid groups is 2. The van der Waals surface area contributed by atoms with Crippen LogP contribution >= 0.6 is 15.6 Å². The van der Waals surface area contributed by atoms with E-state index >= 15 is 0 Å². The van der Waals surface area contributed by atoms with Gasteiger partial charge in [-0.2, -0.15) is 0 Å². The smallest absolute Gasteiger partial charge is 0.463 e. The van der Waals surface area contributed by atoms with E-state index in [1.54, 1.807) is 0 Å². The molecule has 0 amide bonds. The molecule has 0 aromatic carbocycles. The zero-order valence-corrected chi connectivity index (χ0v) is 62.4. The van der Waals surface area contributed by atoms with Crippen LogP contribution in [0.5, 0.6) is 0 Å². The van der Waals surface area contributed by atoms with Crippen molar-refractivity contribution in [1.82, 2.24) is 0 Å². The molecule has 0 aromatic rings. The highest BCUT2D eigenvalue weighted by molar-refractivity contribution is 7.47. The van der Waals surface area contributed by atoms with Gasteiger partial charge in [-0.05, 0) is 161 Å². The Labute approximate surface area is 597 Å². The van der Waals surface area contributed by atoms with Crippen molar-refractivity contribution in [1.29, 1.82) is 0 Å². The number of hydrogen-bond donors (Lipinski definition) is 4. The summed E-state index contributed by atoms with van der Waals surface area (Å²) in [5.41, 5.74) is 0. The molecule has 0 rings (SSSR count). The van der Waals surface area contributed by atoms with E-state index in [-0.39, 0.29) is 19.3 Å². The van der Waals surface area contributed by atoms with E-state index in [9.17, 15) is 43.5 Å². The van der Waals surface area contributed by atoms with Crippen molar-refractivity contribution >= 4 is 33.6 Å². The summed E-state index contributed by atoms with van der Waals surface area (Å²) in [4.78, 5) is 58.6. The zero-order chi connectivity index (χ0) is 72.3. The van der Waals surface area contributed by atoms with Crippen molar-refractivity contribution in [2.45, 2.75) is 257 Å². The molecular formula is C81H128O16P2. The molecule has 0 aromatic heterocycles. The first kappa shape index (κ1) is 93.4. The summed E-state index contributed by atoms with van der Waals surface area (Å²) >= 11 is 0. The number of phosphoric ester groups is 2. The topological polar surface area (TPSA) is 231 Å². The summed E-state index contributed by atoms with van der Waals surface area (Å²) in [7, 11) is -9.83. The Morgan fingerprint density at radius 2 is 0.505 bits per heavy atom. The van der Waals surface area contributed by atoms with E-state index in [1.807, 2.05) is 0 Å². The number of ether oxygens (including phenoxy) is 3. The van der Waals surface area contributed by atoms with Crippen LogP contribution in [0.3, 0.4) is 0 Å². The predicted molar refractivity (Wildman–Crippen MR) is 408 cm³/mol. The Kier molecular flexibility index (Phi) is 68.1. The molecule has 0 aliphatic heterocycles. The maximum absolute atomic E-state index is 13.0. The third-order valence-electron chi connectivity index (χ3n) is 14.3. The lowest BCUT2D eigenvalue weighted by atomic mass is 10.1. The fourth-order valence-electron chi connectivity index (χ4n) is 8.80. The van der Waals surface area contributed by atoms with E-state index in [4.69, 9.17) is 32.3 Å². The van der Waals surface area contributed by atoms with E-state index in [2.05, 4.69) is 215 Å². The van der Waals surface area contributed by atoms with Crippen LogP contribution in [0.4, 0.5) is 0 Å². The Balaban J connectivity index is 4.78. The van der Waals surface area contributed by atoms with Gasteiger partial charge in [0, 0.05) is 19.3 Å². The molecule has 18 heteroatoms. The van der Waals surface area contributed by atoms with E-state index in [0.29, 0.717) is 19.3 Å². The summed E-state index contributed by atoms with van der Waals surface area (Å²) in [6, 6.07) is 0. The third-order valence-corrected chi connectivity index (χ3v) is 16.2. The highest BCUT2D eigenvalue weighted by atomic mass is 31.2. The summed E-state index contributed by atoms with van der Waals surface area (Å²) in [5, 5.41) is 20.6. The average molecular weight is 1420 g/mol. The number of aliphatic hydroxyl groups excluding tert-OH is 2. The van der Waals surface area contributed by atoms with Gasteiger partial charge < -0.3 is 34.2 Å². The summed E-state index contributed by atoms with van der Waals surface area (Å²) in [6.45, 7) is 2.20. The first-order valence-electron chi connectivity index (χ1n) is 36.7. The van der Waals surface area contributed by atoms with Crippen LogP contribution in [0, 0.1) is 0 Å². The Hall–Kier alpha value is -5.61. The summed E-state index contributed by atoms with van der Waals surface area (Å²) in [5.74, 6) is -1.67. The predicted octanol–water partition coefficient (Wildman–Crippen LogP) is 21.2. The summed E-state index contributed by atoms with van der Waals surface area (Å²) < 4.78 is 61.0. The molecule has 0 saturated carbocycles. The monoisotopic (exact) mass is 1420 g/mol. The molecule has 0 spiro atoms. The van der Waals surface area contributed by atoms with Crippen LogP contribution in [0.2, 0.25) is 0 Å². The minimum absolute atomic E-state index is 0.0609. The number of carbonyl (C=O) groups excluding carboxylic acids is 3. The molecular weight excluding hydrogens is 1290 g/mol. The average Bonchev–Trinajstić information content (AvgIpc) is 2.19. The highest BCUT2D eigenvalue weighted by Crippen LogP contribution is 2.45. The quantitative estimate of drug-likeness (QED) is 0.0146. The second-order valence-electron chi connectivity index (χ2n) is 23.6. The van der Waals surface area contributed by atoms with Gasteiger partial charge in [0.25, 0.3) is 0 Å². The lowest BCUT2D eigenvalue weighted by Crippen LogP contribution is -2.30. The van der Waals surface area contributed by atoms with Crippen LogP contribution in [0.25, 0.3) is 0 Å². The van der Waals surface area contributed by atoms with E-state index < -0.39 is 91.5 Å². The molecule has 0 aliphatic carbocycles. The number of allylic oxidation sites excluding steroid dienone is 32. The molecule has 0 fully saturated rings. The fraction of sp³-hybridized carbons (Fsp3) is 0.568. The van der Waals surface area contributed by atoms with Crippen LogP contribution in [0.15, 0.2) is 194 Å². The minimum Gasteiger partial charge on any atom is -0.463 e. The lowest BCUT2D eigenvalue weighted by Gasteiger charge is -2.21. The van der Waals surface area contributed by atoms with Crippen LogP contribution in [-0.2, 0) is 55.8 Å². The first-order valence-corrected chi connectivity index (χ1v) is 39.7.